The van der Waals surface area contributed by atoms with Gasteiger partial charge < -0.3 is 19.6 Å². The van der Waals surface area contributed by atoms with Gasteiger partial charge in [-0.1, -0.05) is 23.7 Å². The number of ether oxygens (including phenoxy) is 1. The Bertz CT molecular complexity index is 1760. The van der Waals surface area contributed by atoms with Crippen LogP contribution in [0.25, 0.3) is 22.2 Å². The topological polar surface area (TPSA) is 135 Å². The molecule has 0 radical (unpaired) electrons. The van der Waals surface area contributed by atoms with E-state index in [2.05, 4.69) is 15.3 Å². The summed E-state index contributed by atoms with van der Waals surface area (Å²) in [5, 5.41) is 12.0. The minimum absolute atomic E-state index is 0.0906. The van der Waals surface area contributed by atoms with Gasteiger partial charge in [0.05, 0.1) is 17.1 Å². The third kappa shape index (κ3) is 6.02. The third-order valence-corrected chi connectivity index (χ3v) is 7.26. The molecule has 0 saturated heterocycles. The molecule has 9 nitrogen and oxygen atoms in total. The van der Waals surface area contributed by atoms with Crippen molar-refractivity contribution in [1.82, 2.24) is 9.97 Å². The number of hydrogen-bond donors (Lipinski definition) is 3. The van der Waals surface area contributed by atoms with Crippen LogP contribution in [0, 0.1) is 5.82 Å². The lowest BCUT2D eigenvalue weighted by atomic mass is 10.1. The van der Waals surface area contributed by atoms with E-state index in [0.717, 1.165) is 0 Å². The number of benzene rings is 3. The number of rotatable bonds is 9. The summed E-state index contributed by atoms with van der Waals surface area (Å²) in [6.45, 7) is -0.677. The van der Waals surface area contributed by atoms with Gasteiger partial charge in [0, 0.05) is 16.6 Å². The highest BCUT2D eigenvalue weighted by molar-refractivity contribution is 7.86. The first-order chi connectivity index (χ1) is 18.7. The van der Waals surface area contributed by atoms with Crippen molar-refractivity contribution in [3.8, 4) is 17.1 Å². The molecule has 0 aliphatic heterocycles. The van der Waals surface area contributed by atoms with Crippen LogP contribution in [0.2, 0.25) is 5.02 Å². The van der Waals surface area contributed by atoms with Crippen LogP contribution < -0.4 is 10.1 Å². The number of anilines is 2. The van der Waals surface area contributed by atoms with Crippen molar-refractivity contribution in [2.24, 2.45) is 0 Å². The zero-order chi connectivity index (χ0) is 27.6. The molecule has 39 heavy (non-hydrogen) atoms. The molecule has 12 heteroatoms. The Morgan fingerprint density at radius 2 is 1.90 bits per heavy atom. The van der Waals surface area contributed by atoms with Crippen molar-refractivity contribution in [2.75, 3.05) is 11.9 Å². The lowest BCUT2D eigenvalue weighted by molar-refractivity contribution is 0.272. The molecular weight excluding hydrogens is 549 g/mol. The van der Waals surface area contributed by atoms with Crippen LogP contribution in [0.4, 0.5) is 15.9 Å². The summed E-state index contributed by atoms with van der Waals surface area (Å²) in [7, 11) is -4.55. The number of aliphatic hydroxyl groups excluding tert-OH is 1. The van der Waals surface area contributed by atoms with Crippen LogP contribution in [0.5, 0.6) is 5.75 Å². The molecule has 0 fully saturated rings. The number of halogens is 2. The lowest BCUT2D eigenvalue weighted by Crippen LogP contribution is -2.15. The minimum atomic E-state index is -4.55. The highest BCUT2D eigenvalue weighted by Gasteiger charge is 2.28. The Morgan fingerprint density at radius 1 is 1.05 bits per heavy atom. The zero-order valence-electron chi connectivity index (χ0n) is 20.1. The molecule has 1 atom stereocenters. The van der Waals surface area contributed by atoms with E-state index in [9.17, 15) is 22.5 Å². The van der Waals surface area contributed by atoms with Crippen molar-refractivity contribution in [1.29, 1.82) is 0 Å². The van der Waals surface area contributed by atoms with Gasteiger partial charge >= 0.3 is 0 Å². The van der Waals surface area contributed by atoms with E-state index in [-0.39, 0.29) is 18.2 Å². The maximum Gasteiger partial charge on any atom is 0.277 e. The number of hydrogen-bond acceptors (Lipinski definition) is 8. The van der Waals surface area contributed by atoms with Gasteiger partial charge in [0.25, 0.3) is 10.1 Å². The van der Waals surface area contributed by atoms with Gasteiger partial charge in [0.1, 0.15) is 41.8 Å². The molecule has 0 amide bonds. The average molecular weight is 570 g/mol. The molecule has 0 spiro atoms. The first kappa shape index (κ1) is 26.6. The number of aromatic nitrogens is 2. The van der Waals surface area contributed by atoms with E-state index < -0.39 is 22.0 Å². The highest BCUT2D eigenvalue weighted by atomic mass is 35.5. The first-order valence-electron chi connectivity index (χ1n) is 11.6. The largest absolute Gasteiger partial charge is 0.487 e. The maximum atomic E-state index is 13.4. The Balaban J connectivity index is 1.38. The molecule has 5 rings (SSSR count). The Hall–Kier alpha value is -4.03. The molecule has 3 N–H and O–H groups in total. The van der Waals surface area contributed by atoms with Crippen molar-refractivity contribution in [3.05, 3.63) is 101 Å². The Morgan fingerprint density at radius 3 is 2.64 bits per heavy atom. The molecule has 5 aromatic rings. The van der Waals surface area contributed by atoms with Gasteiger partial charge in [-0.2, -0.15) is 8.42 Å². The smallest absolute Gasteiger partial charge is 0.277 e. The number of fused-ring (bicyclic) bond motifs is 1. The normalized spacial score (nSPS) is 12.4. The average Bonchev–Trinajstić information content (AvgIpc) is 3.37. The number of aliphatic hydroxyl groups is 1. The molecule has 200 valence electrons. The molecule has 0 saturated carbocycles. The van der Waals surface area contributed by atoms with Gasteiger partial charge in [-0.25, -0.2) is 14.4 Å². The minimum Gasteiger partial charge on any atom is -0.487 e. The third-order valence-electron chi connectivity index (χ3n) is 5.87. The maximum absolute atomic E-state index is 13.4. The summed E-state index contributed by atoms with van der Waals surface area (Å²) >= 11 is 6.43. The summed E-state index contributed by atoms with van der Waals surface area (Å²) in [5.41, 5.74) is 2.53. The standard InChI is InChI=1S/C27H21ClFN3O6S/c28-21-12-19(5-7-24(21)37-14-16-2-1-3-18(29)10-16)32-27-20-11-17(4-6-22(20)30-15-31-27)23-8-9-25(38-23)26(13-33)39(34,35)36/h1-12,15,26,33H,13-14H2,(H,30,31,32)(H,34,35,36). The van der Waals surface area contributed by atoms with Crippen LogP contribution >= 0.6 is 11.6 Å². The summed E-state index contributed by atoms with van der Waals surface area (Å²) in [6, 6.07) is 19.4. The fraction of sp³-hybridized carbons (Fsp3) is 0.111. The second-order valence-corrected chi connectivity index (χ2v) is 10.5. The number of nitrogens with zero attached hydrogens (tertiary/aromatic N) is 2. The second-order valence-electron chi connectivity index (χ2n) is 8.53. The van der Waals surface area contributed by atoms with Gasteiger partial charge in [-0.15, -0.1) is 0 Å². The van der Waals surface area contributed by atoms with E-state index in [0.29, 0.717) is 50.1 Å². The fourth-order valence-corrected chi connectivity index (χ4v) is 4.79. The van der Waals surface area contributed by atoms with Crippen LogP contribution in [0.3, 0.4) is 0 Å². The quantitative estimate of drug-likeness (QED) is 0.185. The monoisotopic (exact) mass is 569 g/mol. The van der Waals surface area contributed by atoms with Gasteiger partial charge in [-0.05, 0) is 66.2 Å². The van der Waals surface area contributed by atoms with Crippen molar-refractivity contribution in [3.63, 3.8) is 0 Å². The lowest BCUT2D eigenvalue weighted by Gasteiger charge is -2.12. The predicted molar refractivity (Wildman–Crippen MR) is 144 cm³/mol. The molecule has 0 aliphatic carbocycles. The van der Waals surface area contributed by atoms with Crippen molar-refractivity contribution < 1.29 is 31.6 Å². The zero-order valence-corrected chi connectivity index (χ0v) is 21.7. The predicted octanol–water partition coefficient (Wildman–Crippen LogP) is 5.93. The number of nitrogens with one attached hydrogen (secondary N) is 1. The summed E-state index contributed by atoms with van der Waals surface area (Å²) in [4.78, 5) is 8.63. The van der Waals surface area contributed by atoms with E-state index in [4.69, 9.17) is 20.8 Å². The van der Waals surface area contributed by atoms with Crippen molar-refractivity contribution in [2.45, 2.75) is 11.9 Å². The van der Waals surface area contributed by atoms with Gasteiger partial charge in [0.2, 0.25) is 0 Å². The molecular formula is C27H21ClFN3O6S. The SMILES string of the molecule is O=S(=O)(O)C(CO)c1ccc(-c2ccc3ncnc(Nc4ccc(OCc5cccc(F)c5)c(Cl)c4)c3c2)o1. The van der Waals surface area contributed by atoms with E-state index in [1.54, 1.807) is 54.6 Å². The molecule has 2 heterocycles. The van der Waals surface area contributed by atoms with Crippen LogP contribution in [0.1, 0.15) is 16.6 Å². The number of furan rings is 1. The van der Waals surface area contributed by atoms with Crippen LogP contribution in [-0.4, -0.2) is 34.7 Å². The molecule has 0 aliphatic rings. The van der Waals surface area contributed by atoms with E-state index >= 15 is 0 Å². The van der Waals surface area contributed by atoms with Gasteiger partial charge in [-0.3, -0.25) is 4.55 Å². The molecule has 3 aromatic carbocycles. The highest BCUT2D eigenvalue weighted by Crippen LogP contribution is 2.34. The molecule has 2 aromatic heterocycles. The molecule has 0 bridgehead atoms. The van der Waals surface area contributed by atoms with Gasteiger partial charge in [0.15, 0.2) is 5.25 Å². The Labute approximate surface area is 227 Å². The summed E-state index contributed by atoms with van der Waals surface area (Å²) in [6.07, 6.45) is 1.41. The fourth-order valence-electron chi connectivity index (χ4n) is 3.94. The summed E-state index contributed by atoms with van der Waals surface area (Å²) in [5.74, 6) is 0.797. The van der Waals surface area contributed by atoms with Crippen molar-refractivity contribution >= 4 is 44.1 Å². The van der Waals surface area contributed by atoms with E-state index in [1.807, 2.05) is 0 Å². The molecule has 1 unspecified atom stereocenters. The van der Waals surface area contributed by atoms with E-state index in [1.165, 1.54) is 24.5 Å². The second kappa shape index (κ2) is 11.0. The van der Waals surface area contributed by atoms with Crippen LogP contribution in [0.15, 0.2) is 83.5 Å². The first-order valence-corrected chi connectivity index (χ1v) is 13.5. The van der Waals surface area contributed by atoms with Crippen LogP contribution in [-0.2, 0) is 16.7 Å². The Kier molecular flexibility index (Phi) is 7.49. The summed E-state index contributed by atoms with van der Waals surface area (Å²) < 4.78 is 57.2.